The van der Waals surface area contributed by atoms with Gasteiger partial charge in [-0.05, 0) is 5.56 Å². The molecule has 0 atom stereocenters. The fourth-order valence-electron chi connectivity index (χ4n) is 0.707. The molecule has 6 heteroatoms. The van der Waals surface area contributed by atoms with E-state index in [4.69, 9.17) is 0 Å². The van der Waals surface area contributed by atoms with Gasteiger partial charge in [-0.2, -0.15) is 13.2 Å². The predicted octanol–water partition coefficient (Wildman–Crippen LogP) is 1.15. The lowest BCUT2D eigenvalue weighted by Crippen LogP contribution is -2.24. The molecule has 1 aromatic heterocycles. The number of aromatic nitrogens is 2. The molecule has 0 unspecified atom stereocenters. The van der Waals surface area contributed by atoms with Gasteiger partial charge in [-0.3, -0.25) is 4.79 Å². The van der Waals surface area contributed by atoms with Crippen molar-refractivity contribution in [3.8, 4) is 0 Å². The summed E-state index contributed by atoms with van der Waals surface area (Å²) in [6, 6.07) is 0. The molecule has 0 saturated carbocycles. The highest BCUT2D eigenvalue weighted by molar-refractivity contribution is 5.85. The van der Waals surface area contributed by atoms with Gasteiger partial charge in [0.1, 0.15) is 6.33 Å². The summed E-state index contributed by atoms with van der Waals surface area (Å²) in [5.74, 6) is -1.79. The quantitative estimate of drug-likeness (QED) is 0.702. The molecule has 0 amide bonds. The third kappa shape index (κ3) is 2.81. The number of ketones is 1. The van der Waals surface area contributed by atoms with Crippen LogP contribution >= 0.6 is 0 Å². The van der Waals surface area contributed by atoms with Crippen molar-refractivity contribution in [1.82, 2.24) is 9.97 Å². The number of halogens is 3. The summed E-state index contributed by atoms with van der Waals surface area (Å²) < 4.78 is 35.2. The lowest BCUT2D eigenvalue weighted by Gasteiger charge is -2.03. The van der Waals surface area contributed by atoms with E-state index in [1.165, 1.54) is 18.7 Å². The number of carbonyl (C=O) groups excluding carboxylic acids is 1. The second kappa shape index (κ2) is 3.51. The highest BCUT2D eigenvalue weighted by Crippen LogP contribution is 2.17. The first kappa shape index (κ1) is 9.63. The molecule has 3 nitrogen and oxygen atoms in total. The fourth-order valence-corrected chi connectivity index (χ4v) is 0.707. The highest BCUT2D eigenvalue weighted by Gasteiger charge is 2.37. The fraction of sp³-hybridized carbons (Fsp3) is 0.286. The minimum absolute atomic E-state index is 0.157. The van der Waals surface area contributed by atoms with Crippen molar-refractivity contribution in [2.24, 2.45) is 0 Å². The van der Waals surface area contributed by atoms with E-state index < -0.39 is 18.4 Å². The molecule has 0 aliphatic rings. The van der Waals surface area contributed by atoms with Gasteiger partial charge in [0, 0.05) is 18.8 Å². The molecule has 0 radical (unpaired) electrons. The Bertz CT molecular complexity index is 296. The van der Waals surface area contributed by atoms with E-state index in [1.54, 1.807) is 0 Å². The van der Waals surface area contributed by atoms with E-state index in [9.17, 15) is 18.0 Å². The van der Waals surface area contributed by atoms with Crippen LogP contribution in [0.3, 0.4) is 0 Å². The second-order valence-electron chi connectivity index (χ2n) is 2.34. The van der Waals surface area contributed by atoms with Gasteiger partial charge in [-0.1, -0.05) is 0 Å². The lowest BCUT2D eigenvalue weighted by molar-refractivity contribution is -0.170. The van der Waals surface area contributed by atoms with Crippen LogP contribution in [0.4, 0.5) is 13.2 Å². The minimum Gasteiger partial charge on any atom is -0.289 e. The van der Waals surface area contributed by atoms with Crippen LogP contribution in [0, 0.1) is 0 Å². The molecule has 0 fully saturated rings. The largest absolute Gasteiger partial charge is 0.450 e. The van der Waals surface area contributed by atoms with Gasteiger partial charge in [0.25, 0.3) is 0 Å². The van der Waals surface area contributed by atoms with Gasteiger partial charge in [0.05, 0.1) is 0 Å². The number of Topliss-reactive ketones (excluding diaryl/α,β-unsaturated/α-hetero) is 1. The van der Waals surface area contributed by atoms with E-state index in [0.29, 0.717) is 0 Å². The van der Waals surface area contributed by atoms with Crippen molar-refractivity contribution in [2.45, 2.75) is 12.6 Å². The van der Waals surface area contributed by atoms with E-state index in [2.05, 4.69) is 9.97 Å². The average molecular weight is 190 g/mol. The van der Waals surface area contributed by atoms with Crippen molar-refractivity contribution in [1.29, 1.82) is 0 Å². The van der Waals surface area contributed by atoms with Gasteiger partial charge in [-0.15, -0.1) is 0 Å². The van der Waals surface area contributed by atoms with Crippen LogP contribution in [0.25, 0.3) is 0 Å². The first-order valence-electron chi connectivity index (χ1n) is 3.34. The first-order valence-corrected chi connectivity index (χ1v) is 3.34. The summed E-state index contributed by atoms with van der Waals surface area (Å²) in [5, 5.41) is 0. The molecule has 0 aromatic carbocycles. The third-order valence-electron chi connectivity index (χ3n) is 1.29. The summed E-state index contributed by atoms with van der Waals surface area (Å²) in [6.07, 6.45) is -1.95. The maximum atomic E-state index is 11.7. The van der Waals surface area contributed by atoms with Crippen LogP contribution in [0.5, 0.6) is 0 Å². The highest BCUT2D eigenvalue weighted by atomic mass is 19.4. The minimum atomic E-state index is -4.78. The Balaban J connectivity index is 2.66. The topological polar surface area (TPSA) is 42.9 Å². The number of carbonyl (C=O) groups is 1. The maximum absolute atomic E-state index is 11.7. The molecule has 1 aromatic rings. The molecule has 0 aliphatic heterocycles. The molecule has 1 rings (SSSR count). The van der Waals surface area contributed by atoms with Gasteiger partial charge in [-0.25, -0.2) is 9.97 Å². The van der Waals surface area contributed by atoms with Gasteiger partial charge in [0.2, 0.25) is 5.78 Å². The number of hydrogen-bond donors (Lipinski definition) is 0. The van der Waals surface area contributed by atoms with Crippen LogP contribution in [0.15, 0.2) is 18.7 Å². The molecule has 0 N–H and O–H groups in total. The monoisotopic (exact) mass is 190 g/mol. The summed E-state index contributed by atoms with van der Waals surface area (Å²) >= 11 is 0. The zero-order chi connectivity index (χ0) is 9.90. The summed E-state index contributed by atoms with van der Waals surface area (Å²) in [6.45, 7) is 0. The van der Waals surface area contributed by atoms with Crippen LogP contribution in [-0.2, 0) is 11.2 Å². The van der Waals surface area contributed by atoms with Crippen LogP contribution < -0.4 is 0 Å². The molecule has 70 valence electrons. The molecule has 0 aliphatic carbocycles. The van der Waals surface area contributed by atoms with Gasteiger partial charge >= 0.3 is 6.18 Å². The molecule has 0 saturated heterocycles. The lowest BCUT2D eigenvalue weighted by atomic mass is 10.2. The smallest absolute Gasteiger partial charge is 0.289 e. The molecule has 0 spiro atoms. The summed E-state index contributed by atoms with van der Waals surface area (Å²) in [5.41, 5.74) is 0.157. The molecule has 13 heavy (non-hydrogen) atoms. The number of nitrogens with zero attached hydrogens (tertiary/aromatic N) is 2. The van der Waals surface area contributed by atoms with E-state index in [-0.39, 0.29) is 5.56 Å². The Labute approximate surface area is 71.6 Å². The number of hydrogen-bond acceptors (Lipinski definition) is 3. The number of alkyl halides is 3. The standard InChI is InChI=1S/C7H5F3N2O/c8-7(9,10)6(13)1-5-2-11-4-12-3-5/h2-4H,1H2. The molecular formula is C7H5F3N2O. The van der Waals surface area contributed by atoms with Crippen molar-refractivity contribution >= 4 is 5.78 Å². The van der Waals surface area contributed by atoms with Crippen molar-refractivity contribution in [3.05, 3.63) is 24.3 Å². The van der Waals surface area contributed by atoms with Crippen molar-refractivity contribution in [2.75, 3.05) is 0 Å². The SMILES string of the molecule is O=C(Cc1cncnc1)C(F)(F)F. The molecule has 1 heterocycles. The van der Waals surface area contributed by atoms with E-state index in [0.717, 1.165) is 0 Å². The zero-order valence-corrected chi connectivity index (χ0v) is 6.38. The predicted molar refractivity (Wildman–Crippen MR) is 36.8 cm³/mol. The van der Waals surface area contributed by atoms with Gasteiger partial charge < -0.3 is 0 Å². The maximum Gasteiger partial charge on any atom is 0.450 e. The zero-order valence-electron chi connectivity index (χ0n) is 6.38. The number of rotatable bonds is 2. The van der Waals surface area contributed by atoms with Crippen LogP contribution in [0.2, 0.25) is 0 Å². The van der Waals surface area contributed by atoms with Crippen molar-refractivity contribution < 1.29 is 18.0 Å². The van der Waals surface area contributed by atoms with Gasteiger partial charge in [0.15, 0.2) is 0 Å². The van der Waals surface area contributed by atoms with E-state index in [1.807, 2.05) is 0 Å². The third-order valence-corrected chi connectivity index (χ3v) is 1.29. The molecular weight excluding hydrogens is 185 g/mol. The van der Waals surface area contributed by atoms with E-state index >= 15 is 0 Å². The summed E-state index contributed by atoms with van der Waals surface area (Å²) in [4.78, 5) is 17.4. The Kier molecular flexibility index (Phi) is 2.60. The molecule has 0 bridgehead atoms. The first-order chi connectivity index (χ1) is 6.00. The Hall–Kier alpha value is -1.46. The van der Waals surface area contributed by atoms with Crippen LogP contribution in [0.1, 0.15) is 5.56 Å². The summed E-state index contributed by atoms with van der Waals surface area (Å²) in [7, 11) is 0. The normalized spacial score (nSPS) is 11.3. The average Bonchev–Trinajstić information content (AvgIpc) is 2.04. The Morgan fingerprint density at radius 1 is 1.31 bits per heavy atom. The Morgan fingerprint density at radius 2 is 1.85 bits per heavy atom. The second-order valence-corrected chi connectivity index (χ2v) is 2.34. The van der Waals surface area contributed by atoms with Crippen molar-refractivity contribution in [3.63, 3.8) is 0 Å². The van der Waals surface area contributed by atoms with Crippen LogP contribution in [-0.4, -0.2) is 21.9 Å². The Morgan fingerprint density at radius 3 is 2.31 bits per heavy atom.